The molecule has 0 spiro atoms. The molecule has 0 aliphatic heterocycles. The third kappa shape index (κ3) is 5.15. The van der Waals surface area contributed by atoms with Crippen LogP contribution in [-0.4, -0.2) is 46.9 Å². The van der Waals surface area contributed by atoms with Crippen molar-refractivity contribution in [2.45, 2.75) is 6.54 Å². The molecule has 10 nitrogen and oxygen atoms in total. The number of hydrogen-bond donors (Lipinski definition) is 2. The zero-order valence-corrected chi connectivity index (χ0v) is 17.0. The van der Waals surface area contributed by atoms with Gasteiger partial charge in [0.25, 0.3) is 11.6 Å². The molecule has 10 heteroatoms. The fourth-order valence-electron chi connectivity index (χ4n) is 3.17. The largest absolute Gasteiger partial charge is 0.394 e. The summed E-state index contributed by atoms with van der Waals surface area (Å²) in [5.74, 6) is -0.635. The van der Waals surface area contributed by atoms with E-state index in [1.165, 1.54) is 18.3 Å². The van der Waals surface area contributed by atoms with Crippen LogP contribution in [0.15, 0.2) is 53.5 Å². The highest BCUT2D eigenvalue weighted by molar-refractivity contribution is 5.97. The number of non-ortho nitro benzene ring substituents is 1. The monoisotopic (exact) mass is 436 g/mol. The second kappa shape index (κ2) is 10.3. The summed E-state index contributed by atoms with van der Waals surface area (Å²) in [4.78, 5) is 36.2. The van der Waals surface area contributed by atoms with Crippen LogP contribution in [0, 0.1) is 21.4 Å². The van der Waals surface area contributed by atoms with Crippen molar-refractivity contribution in [3.8, 4) is 6.07 Å². The number of fused-ring (bicyclic) bond motifs is 1. The van der Waals surface area contributed by atoms with Gasteiger partial charge in [0.2, 0.25) is 5.43 Å². The van der Waals surface area contributed by atoms with Crippen molar-refractivity contribution in [3.05, 3.63) is 85.7 Å². The van der Waals surface area contributed by atoms with E-state index < -0.39 is 16.3 Å². The van der Waals surface area contributed by atoms with Crippen LogP contribution in [0.1, 0.15) is 21.5 Å². The molecule has 3 rings (SSSR count). The van der Waals surface area contributed by atoms with E-state index in [-0.39, 0.29) is 49.5 Å². The summed E-state index contributed by atoms with van der Waals surface area (Å²) in [6.07, 6.45) is 1.42. The lowest BCUT2D eigenvalue weighted by Crippen LogP contribution is -2.32. The smallest absolute Gasteiger partial charge is 0.270 e. The van der Waals surface area contributed by atoms with E-state index in [2.05, 4.69) is 5.32 Å². The Bertz CT molecular complexity index is 1240. The molecule has 0 saturated heterocycles. The van der Waals surface area contributed by atoms with Gasteiger partial charge in [-0.05, 0) is 23.8 Å². The number of carbonyl (C=O) groups excluding carboxylic acids is 1. The second-order valence-electron chi connectivity index (χ2n) is 6.86. The molecule has 0 bridgehead atoms. The van der Waals surface area contributed by atoms with E-state index in [9.17, 15) is 19.7 Å². The van der Waals surface area contributed by atoms with Gasteiger partial charge >= 0.3 is 0 Å². The van der Waals surface area contributed by atoms with Gasteiger partial charge in [0, 0.05) is 31.4 Å². The maximum atomic E-state index is 13.0. The van der Waals surface area contributed by atoms with E-state index in [0.717, 1.165) is 11.6 Å². The quantitative estimate of drug-likeness (QED) is 0.294. The molecule has 0 saturated carbocycles. The summed E-state index contributed by atoms with van der Waals surface area (Å²) in [5.41, 5.74) is 0.721. The zero-order valence-electron chi connectivity index (χ0n) is 17.0. The van der Waals surface area contributed by atoms with Gasteiger partial charge in [-0.15, -0.1) is 0 Å². The minimum atomic E-state index is -0.635. The third-order valence-electron chi connectivity index (χ3n) is 4.72. The van der Waals surface area contributed by atoms with Gasteiger partial charge in [0.15, 0.2) is 0 Å². The molecule has 0 fully saturated rings. The average molecular weight is 436 g/mol. The maximum absolute atomic E-state index is 13.0. The molecule has 0 radical (unpaired) electrons. The molecular formula is C22H20N4O6. The number of hydrogen-bond acceptors (Lipinski definition) is 7. The van der Waals surface area contributed by atoms with Gasteiger partial charge in [-0.25, -0.2) is 0 Å². The summed E-state index contributed by atoms with van der Waals surface area (Å²) in [7, 11) is 0. The van der Waals surface area contributed by atoms with Gasteiger partial charge in [0.05, 0.1) is 47.3 Å². The fourth-order valence-corrected chi connectivity index (χ4v) is 3.17. The van der Waals surface area contributed by atoms with E-state index >= 15 is 0 Å². The van der Waals surface area contributed by atoms with E-state index in [1.807, 2.05) is 6.07 Å². The predicted octanol–water partition coefficient (Wildman–Crippen LogP) is 1.57. The molecule has 32 heavy (non-hydrogen) atoms. The number of ether oxygens (including phenoxy) is 1. The first-order chi connectivity index (χ1) is 15.4. The number of carbonyl (C=O) groups is 1. The summed E-state index contributed by atoms with van der Waals surface area (Å²) in [6.45, 7) is 0.552. The fraction of sp³-hybridized carbons (Fsp3) is 0.227. The molecule has 0 atom stereocenters. The molecular weight excluding hydrogens is 416 g/mol. The van der Waals surface area contributed by atoms with E-state index in [0.29, 0.717) is 11.1 Å². The lowest BCUT2D eigenvalue weighted by atomic mass is 10.1. The topological polar surface area (TPSA) is 147 Å². The minimum Gasteiger partial charge on any atom is -0.394 e. The number of aliphatic hydroxyl groups is 1. The Morgan fingerprint density at radius 2 is 1.97 bits per heavy atom. The normalized spacial score (nSPS) is 10.6. The molecule has 0 aliphatic carbocycles. The molecule has 2 N–H and O–H groups in total. The number of nitrogens with one attached hydrogen (secondary N) is 1. The SMILES string of the molecule is N#Cc1ccc(Cn2cc(C(=O)NCCOCCO)c(=O)c3cc([N+](=O)[O-])ccc32)cc1. The van der Waals surface area contributed by atoms with E-state index in [1.54, 1.807) is 28.8 Å². The summed E-state index contributed by atoms with van der Waals surface area (Å²) in [5, 5.41) is 31.5. The summed E-state index contributed by atoms with van der Waals surface area (Å²) in [6, 6.07) is 12.8. The van der Waals surface area contributed by atoms with Crippen LogP contribution in [0.2, 0.25) is 0 Å². The van der Waals surface area contributed by atoms with Gasteiger partial charge in [-0.3, -0.25) is 19.7 Å². The highest BCUT2D eigenvalue weighted by Crippen LogP contribution is 2.20. The Hall–Kier alpha value is -4.07. The van der Waals surface area contributed by atoms with Crippen LogP contribution in [0.25, 0.3) is 10.9 Å². The first kappa shape index (κ1) is 22.6. The van der Waals surface area contributed by atoms with Crippen LogP contribution in [-0.2, 0) is 11.3 Å². The molecule has 0 aliphatic rings. The summed E-state index contributed by atoms with van der Waals surface area (Å²) < 4.78 is 6.75. The van der Waals surface area contributed by atoms with Crippen molar-refractivity contribution in [3.63, 3.8) is 0 Å². The molecule has 1 amide bonds. The Balaban J connectivity index is 2.01. The van der Waals surface area contributed by atoms with Gasteiger partial charge in [-0.1, -0.05) is 12.1 Å². The highest BCUT2D eigenvalue weighted by atomic mass is 16.6. The van der Waals surface area contributed by atoms with Crippen LogP contribution < -0.4 is 10.7 Å². The van der Waals surface area contributed by atoms with Crippen molar-refractivity contribution in [2.75, 3.05) is 26.4 Å². The number of pyridine rings is 1. The van der Waals surface area contributed by atoms with Crippen LogP contribution in [0.5, 0.6) is 0 Å². The average Bonchev–Trinajstić information content (AvgIpc) is 2.80. The molecule has 2 aromatic carbocycles. The van der Waals surface area contributed by atoms with Crippen LogP contribution >= 0.6 is 0 Å². The lowest BCUT2D eigenvalue weighted by Gasteiger charge is -2.14. The van der Waals surface area contributed by atoms with Gasteiger partial charge in [-0.2, -0.15) is 5.26 Å². The zero-order chi connectivity index (χ0) is 23.1. The number of aromatic nitrogens is 1. The number of nitrogens with zero attached hydrogens (tertiary/aromatic N) is 3. The first-order valence-corrected chi connectivity index (χ1v) is 9.72. The van der Waals surface area contributed by atoms with Crippen LogP contribution in [0.4, 0.5) is 5.69 Å². The van der Waals surface area contributed by atoms with Crippen molar-refractivity contribution in [1.82, 2.24) is 9.88 Å². The maximum Gasteiger partial charge on any atom is 0.270 e. The van der Waals surface area contributed by atoms with Gasteiger partial charge in [0.1, 0.15) is 5.56 Å². The minimum absolute atomic E-state index is 0.0528. The van der Waals surface area contributed by atoms with Gasteiger partial charge < -0.3 is 19.7 Å². The number of rotatable bonds is 9. The van der Waals surface area contributed by atoms with E-state index in [4.69, 9.17) is 15.1 Å². The standard InChI is InChI=1S/C22H20N4O6/c23-12-15-1-3-16(4-2-15)13-25-14-19(22(29)24-7-9-32-10-8-27)21(28)18-11-17(26(30)31)5-6-20(18)25/h1-6,11,14,27H,7-10,13H2,(H,24,29). The Morgan fingerprint density at radius 1 is 1.22 bits per heavy atom. The van der Waals surface area contributed by atoms with Crippen molar-refractivity contribution in [1.29, 1.82) is 5.26 Å². The lowest BCUT2D eigenvalue weighted by molar-refractivity contribution is -0.384. The van der Waals surface area contributed by atoms with Crippen molar-refractivity contribution >= 4 is 22.5 Å². The molecule has 3 aromatic rings. The van der Waals surface area contributed by atoms with Crippen LogP contribution in [0.3, 0.4) is 0 Å². The Morgan fingerprint density at radius 3 is 2.62 bits per heavy atom. The Labute approximate surface area is 182 Å². The predicted molar refractivity (Wildman–Crippen MR) is 115 cm³/mol. The van der Waals surface area contributed by atoms with Crippen molar-refractivity contribution in [2.24, 2.45) is 0 Å². The molecule has 1 heterocycles. The first-order valence-electron chi connectivity index (χ1n) is 9.72. The molecule has 164 valence electrons. The molecule has 1 aromatic heterocycles. The number of amides is 1. The molecule has 0 unspecified atom stereocenters. The number of nitriles is 1. The second-order valence-corrected chi connectivity index (χ2v) is 6.86. The highest BCUT2D eigenvalue weighted by Gasteiger charge is 2.18. The number of nitro benzene ring substituents is 1. The Kier molecular flexibility index (Phi) is 7.28. The summed E-state index contributed by atoms with van der Waals surface area (Å²) >= 11 is 0. The number of nitro groups is 1. The number of benzene rings is 2. The number of aliphatic hydroxyl groups excluding tert-OH is 1. The third-order valence-corrected chi connectivity index (χ3v) is 4.72. The van der Waals surface area contributed by atoms with Crippen molar-refractivity contribution < 1.29 is 19.6 Å².